The van der Waals surface area contributed by atoms with E-state index in [1.807, 2.05) is 36.6 Å². The summed E-state index contributed by atoms with van der Waals surface area (Å²) in [6.45, 7) is 2.01. The zero-order valence-corrected chi connectivity index (χ0v) is 19.5. The quantitative estimate of drug-likeness (QED) is 0.361. The molecule has 6 nitrogen and oxygen atoms in total. The van der Waals surface area contributed by atoms with Gasteiger partial charge >= 0.3 is 0 Å². The number of nitrogens with one attached hydrogen (secondary N) is 1. The largest absolute Gasteiger partial charge is 0.309 e. The molecule has 1 N–H and O–H groups in total. The molecule has 0 radical (unpaired) electrons. The number of thiophene rings is 1. The predicted octanol–water partition coefficient (Wildman–Crippen LogP) is 6.00. The first kappa shape index (κ1) is 20.7. The number of hydrogen-bond acceptors (Lipinski definition) is 6. The molecule has 4 aromatic rings. The highest BCUT2D eigenvalue weighted by atomic mass is 35.5. The molecule has 0 aliphatic heterocycles. The summed E-state index contributed by atoms with van der Waals surface area (Å²) in [6, 6.07) is 8.02. The van der Waals surface area contributed by atoms with E-state index in [4.69, 9.17) is 16.6 Å². The molecule has 1 saturated carbocycles. The van der Waals surface area contributed by atoms with Crippen molar-refractivity contribution in [3.63, 3.8) is 0 Å². The van der Waals surface area contributed by atoms with Gasteiger partial charge in [0.25, 0.3) is 5.56 Å². The van der Waals surface area contributed by atoms with Crippen LogP contribution in [0.4, 0.5) is 0 Å². The molecule has 160 valence electrons. The fraction of sp³-hybridized carbons (Fsp3) is 0.364. The Labute approximate surface area is 193 Å². The lowest BCUT2D eigenvalue weighted by atomic mass is 9.95. The summed E-state index contributed by atoms with van der Waals surface area (Å²) < 4.78 is 2.26. The van der Waals surface area contributed by atoms with Crippen LogP contribution in [-0.4, -0.2) is 24.7 Å². The van der Waals surface area contributed by atoms with Crippen LogP contribution in [-0.2, 0) is 5.75 Å². The standard InChI is InChI=1S/C22H22ClN5OS2/c1-13-26-27-22(28(13)14-7-3-2-4-8-14)31-12-18-24-20(29)19-16(11-30-21(19)25-18)15-9-5-6-10-17(15)23/h5-6,9-11,14H,2-4,7-8,12H2,1H3,(H,24,25,29). The maximum atomic E-state index is 12.9. The minimum atomic E-state index is -0.137. The third-order valence-corrected chi connectivity index (χ3v) is 7.93. The van der Waals surface area contributed by atoms with Crippen LogP contribution in [0.1, 0.15) is 49.8 Å². The summed E-state index contributed by atoms with van der Waals surface area (Å²) in [7, 11) is 0. The smallest absolute Gasteiger partial charge is 0.260 e. The van der Waals surface area contributed by atoms with Gasteiger partial charge in [-0.3, -0.25) is 4.79 Å². The summed E-state index contributed by atoms with van der Waals surface area (Å²) in [5, 5.41) is 12.8. The summed E-state index contributed by atoms with van der Waals surface area (Å²) in [5.74, 6) is 2.13. The first-order chi connectivity index (χ1) is 15.1. The van der Waals surface area contributed by atoms with Gasteiger partial charge in [0.15, 0.2) is 5.16 Å². The Morgan fingerprint density at radius 1 is 1.19 bits per heavy atom. The molecule has 3 heterocycles. The Kier molecular flexibility index (Phi) is 5.86. The molecule has 0 bridgehead atoms. The Morgan fingerprint density at radius 3 is 2.81 bits per heavy atom. The van der Waals surface area contributed by atoms with E-state index in [1.165, 1.54) is 43.4 Å². The van der Waals surface area contributed by atoms with Gasteiger partial charge in [-0.1, -0.05) is 60.8 Å². The number of halogens is 1. The Bertz CT molecular complexity index is 1290. The van der Waals surface area contributed by atoms with Gasteiger partial charge in [0.1, 0.15) is 16.5 Å². The number of aryl methyl sites for hydroxylation is 1. The van der Waals surface area contributed by atoms with Crippen molar-refractivity contribution < 1.29 is 0 Å². The van der Waals surface area contributed by atoms with E-state index in [2.05, 4.69) is 19.7 Å². The molecule has 9 heteroatoms. The molecule has 0 atom stereocenters. The molecule has 5 rings (SSSR count). The molecule has 3 aromatic heterocycles. The van der Waals surface area contributed by atoms with Crippen LogP contribution in [0.5, 0.6) is 0 Å². The molecule has 0 unspecified atom stereocenters. The number of hydrogen-bond donors (Lipinski definition) is 1. The minimum Gasteiger partial charge on any atom is -0.309 e. The molecule has 31 heavy (non-hydrogen) atoms. The third-order valence-electron chi connectivity index (χ3n) is 5.77. The van der Waals surface area contributed by atoms with Gasteiger partial charge in [0, 0.05) is 27.6 Å². The van der Waals surface area contributed by atoms with Gasteiger partial charge in [-0.15, -0.1) is 21.5 Å². The van der Waals surface area contributed by atoms with Gasteiger partial charge in [-0.25, -0.2) is 4.98 Å². The van der Waals surface area contributed by atoms with Crippen molar-refractivity contribution >= 4 is 44.9 Å². The Balaban J connectivity index is 1.42. The van der Waals surface area contributed by atoms with Crippen LogP contribution in [0.2, 0.25) is 5.02 Å². The number of thioether (sulfide) groups is 1. The number of rotatable bonds is 5. The van der Waals surface area contributed by atoms with Crippen molar-refractivity contribution in [2.75, 3.05) is 0 Å². The van der Waals surface area contributed by atoms with E-state index in [9.17, 15) is 4.79 Å². The predicted molar refractivity (Wildman–Crippen MR) is 127 cm³/mol. The highest BCUT2D eigenvalue weighted by Crippen LogP contribution is 2.36. The highest BCUT2D eigenvalue weighted by molar-refractivity contribution is 7.98. The molecule has 0 amide bonds. The van der Waals surface area contributed by atoms with Crippen LogP contribution in [0, 0.1) is 6.92 Å². The molecular formula is C22H22ClN5OS2. The van der Waals surface area contributed by atoms with Crippen LogP contribution in [0.25, 0.3) is 21.3 Å². The van der Waals surface area contributed by atoms with Crippen molar-refractivity contribution in [1.29, 1.82) is 0 Å². The zero-order chi connectivity index (χ0) is 21.4. The van der Waals surface area contributed by atoms with Gasteiger partial charge in [-0.2, -0.15) is 0 Å². The number of fused-ring (bicyclic) bond motifs is 1. The lowest BCUT2D eigenvalue weighted by molar-refractivity contribution is 0.332. The van der Waals surface area contributed by atoms with Gasteiger partial charge in [0.05, 0.1) is 11.1 Å². The monoisotopic (exact) mass is 471 g/mol. The maximum absolute atomic E-state index is 12.9. The second kappa shape index (κ2) is 8.76. The lowest BCUT2D eigenvalue weighted by Gasteiger charge is -2.24. The van der Waals surface area contributed by atoms with Crippen molar-refractivity contribution in [2.45, 2.75) is 56.0 Å². The number of aromatic amines is 1. The van der Waals surface area contributed by atoms with Crippen LogP contribution in [0.3, 0.4) is 0 Å². The first-order valence-corrected chi connectivity index (χ1v) is 12.7. The summed E-state index contributed by atoms with van der Waals surface area (Å²) >= 11 is 9.39. The van der Waals surface area contributed by atoms with Gasteiger partial charge < -0.3 is 9.55 Å². The molecule has 0 saturated heterocycles. The number of benzene rings is 1. The van der Waals surface area contributed by atoms with Crippen molar-refractivity contribution in [3.05, 3.63) is 56.7 Å². The van der Waals surface area contributed by atoms with Crippen LogP contribution in [0.15, 0.2) is 39.6 Å². The number of aromatic nitrogens is 5. The topological polar surface area (TPSA) is 76.5 Å². The zero-order valence-electron chi connectivity index (χ0n) is 17.1. The van der Waals surface area contributed by atoms with Crippen molar-refractivity contribution in [1.82, 2.24) is 24.7 Å². The average molecular weight is 472 g/mol. The average Bonchev–Trinajstić information content (AvgIpc) is 3.37. The SMILES string of the molecule is Cc1nnc(SCc2nc3scc(-c4ccccc4Cl)c3c(=O)[nH]2)n1C1CCCCC1. The summed E-state index contributed by atoms with van der Waals surface area (Å²) in [4.78, 5) is 21.3. The van der Waals surface area contributed by atoms with Crippen LogP contribution >= 0.6 is 34.7 Å². The Morgan fingerprint density at radius 2 is 2.00 bits per heavy atom. The van der Waals surface area contributed by atoms with Gasteiger partial charge in [-0.05, 0) is 25.8 Å². The highest BCUT2D eigenvalue weighted by Gasteiger charge is 2.22. The molecule has 1 aromatic carbocycles. The van der Waals surface area contributed by atoms with E-state index in [-0.39, 0.29) is 5.56 Å². The van der Waals surface area contributed by atoms with E-state index in [0.717, 1.165) is 26.9 Å². The summed E-state index contributed by atoms with van der Waals surface area (Å²) in [5.41, 5.74) is 1.54. The van der Waals surface area contributed by atoms with Crippen molar-refractivity contribution in [3.8, 4) is 11.1 Å². The van der Waals surface area contributed by atoms with E-state index in [1.54, 1.807) is 11.8 Å². The summed E-state index contributed by atoms with van der Waals surface area (Å²) in [6.07, 6.45) is 6.16. The third kappa shape index (κ3) is 4.04. The normalized spacial score (nSPS) is 15.0. The fourth-order valence-corrected chi connectivity index (χ4v) is 6.40. The molecular weight excluding hydrogens is 450 g/mol. The Hall–Kier alpha value is -2.16. The number of nitrogens with zero attached hydrogens (tertiary/aromatic N) is 4. The van der Waals surface area contributed by atoms with Crippen molar-refractivity contribution in [2.24, 2.45) is 0 Å². The fourth-order valence-electron chi connectivity index (χ4n) is 4.28. The van der Waals surface area contributed by atoms with Crippen LogP contribution < -0.4 is 5.56 Å². The molecule has 1 aliphatic rings. The molecule has 1 aliphatic carbocycles. The number of H-pyrrole nitrogens is 1. The van der Waals surface area contributed by atoms with Gasteiger partial charge in [0.2, 0.25) is 0 Å². The van der Waals surface area contributed by atoms with E-state index in [0.29, 0.717) is 28.0 Å². The maximum Gasteiger partial charge on any atom is 0.260 e. The molecule has 1 fully saturated rings. The lowest BCUT2D eigenvalue weighted by Crippen LogP contribution is -2.15. The first-order valence-electron chi connectivity index (χ1n) is 10.4. The molecule has 0 spiro atoms. The minimum absolute atomic E-state index is 0.137. The van der Waals surface area contributed by atoms with E-state index < -0.39 is 0 Å². The van der Waals surface area contributed by atoms with E-state index >= 15 is 0 Å². The second-order valence-corrected chi connectivity index (χ2v) is 10.0. The second-order valence-electron chi connectivity index (χ2n) is 7.80.